The van der Waals surface area contributed by atoms with Crippen LogP contribution in [0.2, 0.25) is 0 Å². The molecule has 0 spiro atoms. The van der Waals surface area contributed by atoms with Gasteiger partial charge in [-0.25, -0.2) is 4.68 Å². The molecule has 1 N–H and O–H groups in total. The molecule has 0 unspecified atom stereocenters. The molecule has 1 aromatic heterocycles. The van der Waals surface area contributed by atoms with Gasteiger partial charge in [-0.1, -0.05) is 17.7 Å². The third kappa shape index (κ3) is 2.90. The van der Waals surface area contributed by atoms with Crippen molar-refractivity contribution < 1.29 is 9.90 Å². The summed E-state index contributed by atoms with van der Waals surface area (Å²) in [6.07, 6.45) is 2.03. The van der Waals surface area contributed by atoms with E-state index in [0.717, 1.165) is 24.2 Å². The third-order valence-corrected chi connectivity index (χ3v) is 3.97. The first-order valence-corrected chi connectivity index (χ1v) is 7.65. The summed E-state index contributed by atoms with van der Waals surface area (Å²) in [6, 6.07) is 10.1. The number of carbonyl (C=O) groups is 1. The lowest BCUT2D eigenvalue weighted by atomic mass is 10.2. The summed E-state index contributed by atoms with van der Waals surface area (Å²) >= 11 is 0. The molecule has 2 aromatic rings. The minimum Gasteiger partial charge on any atom is -0.395 e. The minimum absolute atomic E-state index is 0.0140. The van der Waals surface area contributed by atoms with Gasteiger partial charge < -0.3 is 10.0 Å². The molecule has 0 atom stereocenters. The Hall–Kier alpha value is -2.14. The van der Waals surface area contributed by atoms with Crippen molar-refractivity contribution in [3.63, 3.8) is 0 Å². The number of hydrogen-bond donors (Lipinski definition) is 1. The Morgan fingerprint density at radius 2 is 2.00 bits per heavy atom. The smallest absolute Gasteiger partial charge is 0.274 e. The molecule has 1 aliphatic carbocycles. The Morgan fingerprint density at radius 1 is 1.32 bits per heavy atom. The lowest BCUT2D eigenvalue weighted by Gasteiger charge is -2.19. The van der Waals surface area contributed by atoms with Crippen molar-refractivity contribution in [2.75, 3.05) is 13.2 Å². The number of aliphatic hydroxyl groups excluding tert-OH is 1. The number of rotatable bonds is 5. The zero-order chi connectivity index (χ0) is 15.7. The summed E-state index contributed by atoms with van der Waals surface area (Å²) in [6.45, 7) is 4.34. The fourth-order valence-electron chi connectivity index (χ4n) is 2.62. The number of benzene rings is 1. The van der Waals surface area contributed by atoms with Crippen LogP contribution in [0.1, 0.15) is 34.6 Å². The molecule has 0 bridgehead atoms. The Morgan fingerprint density at radius 3 is 2.59 bits per heavy atom. The van der Waals surface area contributed by atoms with Gasteiger partial charge in [0.05, 0.1) is 12.3 Å². The van der Waals surface area contributed by atoms with Crippen LogP contribution in [0.25, 0.3) is 5.69 Å². The Bertz CT molecular complexity index is 672. The molecule has 1 amide bonds. The van der Waals surface area contributed by atoms with Gasteiger partial charge in [0.25, 0.3) is 5.91 Å². The maximum absolute atomic E-state index is 12.6. The summed E-state index contributed by atoms with van der Waals surface area (Å²) < 4.78 is 1.79. The number of amides is 1. The van der Waals surface area contributed by atoms with Crippen molar-refractivity contribution in [1.29, 1.82) is 0 Å². The molecular formula is C17H21N3O2. The lowest BCUT2D eigenvalue weighted by molar-refractivity contribution is 0.0701. The van der Waals surface area contributed by atoms with Crippen molar-refractivity contribution >= 4 is 5.91 Å². The van der Waals surface area contributed by atoms with Gasteiger partial charge in [-0.15, -0.1) is 0 Å². The van der Waals surface area contributed by atoms with Gasteiger partial charge in [0, 0.05) is 18.3 Å². The van der Waals surface area contributed by atoms with Gasteiger partial charge in [-0.2, -0.15) is 5.10 Å². The Kier molecular flexibility index (Phi) is 3.98. The summed E-state index contributed by atoms with van der Waals surface area (Å²) in [5, 5.41) is 13.6. The van der Waals surface area contributed by atoms with Gasteiger partial charge in [0.2, 0.25) is 0 Å². The number of aryl methyl sites for hydroxylation is 2. The number of hydrogen-bond acceptors (Lipinski definition) is 3. The normalized spacial score (nSPS) is 14.1. The highest BCUT2D eigenvalue weighted by molar-refractivity contribution is 5.93. The van der Waals surface area contributed by atoms with Crippen LogP contribution in [0, 0.1) is 13.8 Å². The first-order valence-electron chi connectivity index (χ1n) is 7.65. The van der Waals surface area contributed by atoms with Crippen LogP contribution in [0.4, 0.5) is 0 Å². The monoisotopic (exact) mass is 299 g/mol. The molecule has 5 nitrogen and oxygen atoms in total. The molecule has 1 fully saturated rings. The topological polar surface area (TPSA) is 58.4 Å². The standard InChI is InChI=1S/C17H21N3O2/c1-12-3-5-15(6-4-12)20-13(2)11-16(18-20)17(22)19(9-10-21)14-7-8-14/h3-6,11,14,21H,7-10H2,1-2H3. The number of aliphatic hydroxyl groups is 1. The van der Waals surface area contributed by atoms with Crippen LogP contribution >= 0.6 is 0 Å². The van der Waals surface area contributed by atoms with E-state index in [4.69, 9.17) is 5.11 Å². The second-order valence-corrected chi connectivity index (χ2v) is 5.87. The summed E-state index contributed by atoms with van der Waals surface area (Å²) in [5.41, 5.74) is 3.50. The molecule has 1 aromatic carbocycles. The third-order valence-electron chi connectivity index (χ3n) is 3.97. The fraction of sp³-hybridized carbons (Fsp3) is 0.412. The highest BCUT2D eigenvalue weighted by atomic mass is 16.3. The number of carbonyl (C=O) groups excluding carboxylic acids is 1. The number of nitrogens with zero attached hydrogens (tertiary/aromatic N) is 3. The van der Waals surface area contributed by atoms with E-state index in [-0.39, 0.29) is 18.6 Å². The molecule has 22 heavy (non-hydrogen) atoms. The van der Waals surface area contributed by atoms with E-state index < -0.39 is 0 Å². The van der Waals surface area contributed by atoms with Gasteiger partial charge >= 0.3 is 0 Å². The molecule has 3 rings (SSSR count). The molecule has 5 heteroatoms. The summed E-state index contributed by atoms with van der Waals surface area (Å²) in [4.78, 5) is 14.3. The first kappa shape index (κ1) is 14.8. The van der Waals surface area contributed by atoms with E-state index in [0.29, 0.717) is 12.2 Å². The number of aromatic nitrogens is 2. The SMILES string of the molecule is Cc1ccc(-n2nc(C(=O)N(CCO)C3CC3)cc2C)cc1. The van der Waals surface area contributed by atoms with Gasteiger partial charge in [0.1, 0.15) is 0 Å². The molecule has 0 radical (unpaired) electrons. The Balaban J connectivity index is 1.87. The average molecular weight is 299 g/mol. The van der Waals surface area contributed by atoms with Gasteiger partial charge in [-0.3, -0.25) is 4.79 Å². The largest absolute Gasteiger partial charge is 0.395 e. The van der Waals surface area contributed by atoms with Crippen molar-refractivity contribution in [2.24, 2.45) is 0 Å². The lowest BCUT2D eigenvalue weighted by Crippen LogP contribution is -2.35. The van der Waals surface area contributed by atoms with Crippen LogP contribution < -0.4 is 0 Å². The minimum atomic E-state index is -0.0921. The fourth-order valence-corrected chi connectivity index (χ4v) is 2.62. The van der Waals surface area contributed by atoms with Gasteiger partial charge in [0.15, 0.2) is 5.69 Å². The molecule has 116 valence electrons. The molecule has 1 saturated carbocycles. The Labute approximate surface area is 130 Å². The van der Waals surface area contributed by atoms with E-state index in [9.17, 15) is 4.79 Å². The van der Waals surface area contributed by atoms with Gasteiger partial charge in [-0.05, 0) is 44.9 Å². The highest BCUT2D eigenvalue weighted by Crippen LogP contribution is 2.28. The van der Waals surface area contributed by atoms with Crippen molar-refractivity contribution in [3.8, 4) is 5.69 Å². The maximum Gasteiger partial charge on any atom is 0.274 e. The van der Waals surface area contributed by atoms with E-state index in [1.54, 1.807) is 9.58 Å². The van der Waals surface area contributed by atoms with Crippen molar-refractivity contribution in [2.45, 2.75) is 32.7 Å². The summed E-state index contributed by atoms with van der Waals surface area (Å²) in [7, 11) is 0. The van der Waals surface area contributed by atoms with E-state index in [2.05, 4.69) is 5.10 Å². The van der Waals surface area contributed by atoms with E-state index in [1.165, 1.54) is 5.56 Å². The average Bonchev–Trinajstić information content (AvgIpc) is 3.27. The predicted octanol–water partition coefficient (Wildman–Crippen LogP) is 2.09. The molecular weight excluding hydrogens is 278 g/mol. The van der Waals surface area contributed by atoms with E-state index >= 15 is 0 Å². The summed E-state index contributed by atoms with van der Waals surface area (Å²) in [5.74, 6) is -0.0921. The maximum atomic E-state index is 12.6. The van der Waals surface area contributed by atoms with Crippen LogP contribution in [0.5, 0.6) is 0 Å². The highest BCUT2D eigenvalue weighted by Gasteiger charge is 2.33. The zero-order valence-corrected chi connectivity index (χ0v) is 13.0. The first-order chi connectivity index (χ1) is 10.6. The molecule has 0 aliphatic heterocycles. The van der Waals surface area contributed by atoms with Crippen LogP contribution in [-0.4, -0.2) is 44.9 Å². The van der Waals surface area contributed by atoms with Crippen molar-refractivity contribution in [3.05, 3.63) is 47.3 Å². The quantitative estimate of drug-likeness (QED) is 0.919. The predicted molar refractivity (Wildman–Crippen MR) is 84.2 cm³/mol. The molecule has 1 heterocycles. The van der Waals surface area contributed by atoms with E-state index in [1.807, 2.05) is 44.2 Å². The van der Waals surface area contributed by atoms with Crippen LogP contribution in [-0.2, 0) is 0 Å². The molecule has 1 aliphatic rings. The zero-order valence-electron chi connectivity index (χ0n) is 13.0. The second-order valence-electron chi connectivity index (χ2n) is 5.87. The second kappa shape index (κ2) is 5.93. The molecule has 0 saturated heterocycles. The van der Waals surface area contributed by atoms with Crippen LogP contribution in [0.3, 0.4) is 0 Å². The van der Waals surface area contributed by atoms with Crippen LogP contribution in [0.15, 0.2) is 30.3 Å². The van der Waals surface area contributed by atoms with Crippen molar-refractivity contribution in [1.82, 2.24) is 14.7 Å².